The standard InChI is InChI=1S/C36H60O30/c37-1-7-25-13(43)19(49)31(55-7)62-26-8(2-38)57-33(21(51)15(26)45)64-28-10(4-40)59-35(23(53)17(28)47)66-30-12(6-42)60-36(24(54)18(30)48)65-29-11(5-41)58-34(22(52)16(29)46)63-27-9(3-39)56-32(61-25)20(50)14(27)44/h7-54H,1-6H2/t7?,8?,9?,10?,11?,12?,13?,14?,15?,16?,17?,18?,19?,20?,21?,22?,23?,24?,25-,26-,27-,28-,29-,30-,31-,32-,33-,34-,35+,36+/m1/s1. The highest BCUT2D eigenvalue weighted by atomic mass is 16.8. The Morgan fingerprint density at radius 1 is 0.182 bits per heavy atom. The van der Waals surface area contributed by atoms with Gasteiger partial charge < -0.3 is 149 Å². The molecule has 22 aliphatic heterocycles. The second-order valence-corrected chi connectivity index (χ2v) is 16.8. The van der Waals surface area contributed by atoms with Crippen molar-refractivity contribution < 1.29 is 149 Å². The first-order valence-electron chi connectivity index (χ1n) is 21.1. The number of rotatable bonds is 6. The van der Waals surface area contributed by atoms with E-state index in [1.54, 1.807) is 0 Å². The number of hydrogen-bond donors (Lipinski definition) is 18. The van der Waals surface area contributed by atoms with Crippen LogP contribution in [0.5, 0.6) is 0 Å². The lowest BCUT2D eigenvalue weighted by Gasteiger charge is -2.50. The van der Waals surface area contributed by atoms with Crippen molar-refractivity contribution in [1.29, 1.82) is 0 Å². The summed E-state index contributed by atoms with van der Waals surface area (Å²) in [5.41, 5.74) is 0. The van der Waals surface area contributed by atoms with Gasteiger partial charge in [0.2, 0.25) is 0 Å². The molecule has 22 aliphatic rings. The van der Waals surface area contributed by atoms with Crippen LogP contribution in [-0.2, 0) is 56.8 Å². The van der Waals surface area contributed by atoms with Gasteiger partial charge in [-0.1, -0.05) is 0 Å². The minimum atomic E-state index is -2.15. The molecule has 0 spiro atoms. The maximum atomic E-state index is 11.2. The van der Waals surface area contributed by atoms with Crippen molar-refractivity contribution in [3.05, 3.63) is 0 Å². The van der Waals surface area contributed by atoms with Crippen LogP contribution in [0.2, 0.25) is 0 Å². The molecule has 22 fully saturated rings. The summed E-state index contributed by atoms with van der Waals surface area (Å²) < 4.78 is 67.9. The Balaban J connectivity index is 1.19. The lowest BCUT2D eigenvalue weighted by Crippen LogP contribution is -2.69. The first-order valence-corrected chi connectivity index (χ1v) is 21.1. The summed E-state index contributed by atoms with van der Waals surface area (Å²) in [5, 5.41) is 196. The van der Waals surface area contributed by atoms with Gasteiger partial charge in [0, 0.05) is 0 Å². The van der Waals surface area contributed by atoms with Crippen molar-refractivity contribution in [2.24, 2.45) is 0 Å². The third-order valence-corrected chi connectivity index (χ3v) is 12.7. The number of ether oxygens (including phenoxy) is 12. The molecular weight excluding hydrogens is 912 g/mol. The van der Waals surface area contributed by atoms with E-state index in [-0.39, 0.29) is 0 Å². The molecule has 0 aromatic rings. The second-order valence-electron chi connectivity index (χ2n) is 16.8. The summed E-state index contributed by atoms with van der Waals surface area (Å²) in [6, 6.07) is 0. The molecule has 66 heavy (non-hydrogen) atoms. The van der Waals surface area contributed by atoms with Gasteiger partial charge in [-0.2, -0.15) is 0 Å². The second kappa shape index (κ2) is 22.1. The predicted molar refractivity (Wildman–Crippen MR) is 196 cm³/mol. The molecule has 0 amide bonds. The molecule has 30 heteroatoms. The molecule has 22 rings (SSSR count). The summed E-state index contributed by atoms with van der Waals surface area (Å²) in [6.07, 6.45) is -58.5. The molecule has 22 heterocycles. The molecule has 0 aromatic carbocycles. The van der Waals surface area contributed by atoms with Crippen LogP contribution < -0.4 is 0 Å². The Hall–Kier alpha value is -1.20. The average molecular weight is 973 g/mol. The number of hydrogen-bond acceptors (Lipinski definition) is 30. The minimum Gasteiger partial charge on any atom is -0.394 e. The maximum Gasteiger partial charge on any atom is 0.187 e. The van der Waals surface area contributed by atoms with Gasteiger partial charge in [0.05, 0.1) is 39.6 Å². The van der Waals surface area contributed by atoms with Crippen LogP contribution in [-0.4, -0.2) is 316 Å². The van der Waals surface area contributed by atoms with Crippen molar-refractivity contribution in [1.82, 2.24) is 0 Å². The van der Waals surface area contributed by atoms with Gasteiger partial charge in [0.25, 0.3) is 0 Å². The lowest BCUT2D eigenvalue weighted by atomic mass is 9.94. The first-order chi connectivity index (χ1) is 31.4. The zero-order chi connectivity index (χ0) is 48.0. The molecule has 18 N–H and O–H groups in total. The zero-order valence-corrected chi connectivity index (χ0v) is 34.5. The molecule has 0 aliphatic carbocycles. The van der Waals surface area contributed by atoms with Crippen molar-refractivity contribution in [2.75, 3.05) is 39.6 Å². The topological polar surface area (TPSA) is 475 Å². The summed E-state index contributed by atoms with van der Waals surface area (Å²) >= 11 is 0. The maximum absolute atomic E-state index is 11.2. The van der Waals surface area contributed by atoms with Gasteiger partial charge in [-0.3, -0.25) is 0 Å². The van der Waals surface area contributed by atoms with Crippen LogP contribution in [0.1, 0.15) is 0 Å². The van der Waals surface area contributed by atoms with Crippen LogP contribution in [0.4, 0.5) is 0 Å². The summed E-state index contributed by atoms with van der Waals surface area (Å²) in [4.78, 5) is 0. The van der Waals surface area contributed by atoms with Gasteiger partial charge >= 0.3 is 0 Å². The lowest BCUT2D eigenvalue weighted by molar-refractivity contribution is -0.404. The third kappa shape index (κ3) is 10.0. The highest BCUT2D eigenvalue weighted by molar-refractivity contribution is 5.01. The molecular formula is C36H60O30. The Morgan fingerprint density at radius 2 is 0.303 bits per heavy atom. The van der Waals surface area contributed by atoms with Gasteiger partial charge in [0.1, 0.15) is 146 Å². The smallest absolute Gasteiger partial charge is 0.187 e. The van der Waals surface area contributed by atoms with Gasteiger partial charge in [-0.25, -0.2) is 0 Å². The molecule has 0 radical (unpaired) electrons. The Kier molecular flexibility index (Phi) is 17.6. The monoisotopic (exact) mass is 972 g/mol. The SMILES string of the molecule is OCC1O[C@@H]2O[C@@H]3C(CO)O[C@H](O[C@@H]4C(CO)O[C@@H](O[C@@H]5C(CO)O[C@@H](O[C@@H]6C(CO)O[C@H](O[C@@H]7C(CO)O[C@H](O[C@H]1C(O)C2O)C(O)C7O)C(O)C6O)C(O)C5O)C(O)C4O)C(O)C3O. The van der Waals surface area contributed by atoms with Crippen molar-refractivity contribution >= 4 is 0 Å². The van der Waals surface area contributed by atoms with Gasteiger partial charge in [-0.05, 0) is 0 Å². The van der Waals surface area contributed by atoms with E-state index in [2.05, 4.69) is 0 Å². The molecule has 30 nitrogen and oxygen atoms in total. The van der Waals surface area contributed by atoms with Crippen molar-refractivity contribution in [2.45, 2.75) is 184 Å². The van der Waals surface area contributed by atoms with E-state index in [1.165, 1.54) is 0 Å². The van der Waals surface area contributed by atoms with E-state index in [9.17, 15) is 91.9 Å². The molecule has 0 saturated carbocycles. The molecule has 0 aromatic heterocycles. The van der Waals surface area contributed by atoms with Gasteiger partial charge in [-0.15, -0.1) is 0 Å². The average Bonchev–Trinajstić information content (AvgIpc) is 3.31. The third-order valence-electron chi connectivity index (χ3n) is 12.7. The molecule has 22 saturated heterocycles. The quantitative estimate of drug-likeness (QED) is 0.117. The fraction of sp³-hybridized carbons (Fsp3) is 1.00. The summed E-state index contributed by atoms with van der Waals surface area (Å²) in [5.74, 6) is 0. The van der Waals surface area contributed by atoms with Crippen molar-refractivity contribution in [3.63, 3.8) is 0 Å². The molecule has 12 bridgehead atoms. The highest BCUT2D eigenvalue weighted by Gasteiger charge is 2.58. The van der Waals surface area contributed by atoms with E-state index >= 15 is 0 Å². The van der Waals surface area contributed by atoms with Crippen LogP contribution >= 0.6 is 0 Å². The van der Waals surface area contributed by atoms with E-state index in [0.717, 1.165) is 0 Å². The molecule has 18 unspecified atom stereocenters. The number of aliphatic hydroxyl groups is 18. The first kappa shape index (κ1) is 52.6. The zero-order valence-electron chi connectivity index (χ0n) is 34.5. The van der Waals surface area contributed by atoms with E-state index in [1.807, 2.05) is 0 Å². The molecule has 384 valence electrons. The van der Waals surface area contributed by atoms with E-state index in [0.29, 0.717) is 0 Å². The minimum absolute atomic E-state index is 0.999. The fourth-order valence-electron chi connectivity index (χ4n) is 8.93. The Morgan fingerprint density at radius 3 is 0.409 bits per heavy atom. The summed E-state index contributed by atoms with van der Waals surface area (Å²) in [7, 11) is 0. The van der Waals surface area contributed by atoms with Crippen LogP contribution in [0.3, 0.4) is 0 Å². The van der Waals surface area contributed by atoms with Crippen LogP contribution in [0, 0.1) is 0 Å². The van der Waals surface area contributed by atoms with E-state index in [4.69, 9.17) is 56.8 Å². The largest absolute Gasteiger partial charge is 0.394 e. The number of aliphatic hydroxyl groups excluding tert-OH is 18. The van der Waals surface area contributed by atoms with Crippen LogP contribution in [0.15, 0.2) is 0 Å². The van der Waals surface area contributed by atoms with Crippen molar-refractivity contribution in [3.8, 4) is 0 Å². The normalized spacial score (nSPS) is 55.4. The molecule has 30 atom stereocenters. The fourth-order valence-corrected chi connectivity index (χ4v) is 8.93. The van der Waals surface area contributed by atoms with Crippen LogP contribution in [0.25, 0.3) is 0 Å². The Labute approximate surface area is 372 Å². The highest BCUT2D eigenvalue weighted by Crippen LogP contribution is 2.38. The Bertz CT molecular complexity index is 1230. The predicted octanol–water partition coefficient (Wildman–Crippen LogP) is -13.1. The van der Waals surface area contributed by atoms with Gasteiger partial charge in [0.15, 0.2) is 37.7 Å². The van der Waals surface area contributed by atoms with E-state index < -0.39 is 224 Å². The summed E-state index contributed by atoms with van der Waals surface area (Å²) in [6.45, 7) is -5.99.